The lowest BCUT2D eigenvalue weighted by Gasteiger charge is -2.30. The Morgan fingerprint density at radius 3 is 1.81 bits per heavy atom. The van der Waals surface area contributed by atoms with Gasteiger partial charge >= 0.3 is 8.80 Å². The highest BCUT2D eigenvalue weighted by molar-refractivity contribution is 6.60. The van der Waals surface area contributed by atoms with Crippen LogP contribution in [0.25, 0.3) is 0 Å². The largest absolute Gasteiger partial charge is 0.502 e. The van der Waals surface area contributed by atoms with E-state index in [1.54, 1.807) is 4.90 Å². The predicted octanol–water partition coefficient (Wildman–Crippen LogP) is 1.44. The number of nitrogens with zero attached hydrogens (tertiary/aromatic N) is 2. The Morgan fingerprint density at radius 2 is 1.43 bits per heavy atom. The Kier molecular flexibility index (Phi) is 11.8. The van der Waals surface area contributed by atoms with Crippen LogP contribution in [-0.2, 0) is 18.1 Å². The molecular weight excluding hydrogens is 288 g/mol. The van der Waals surface area contributed by atoms with Crippen molar-refractivity contribution in [3.05, 3.63) is 0 Å². The molecule has 0 heterocycles. The van der Waals surface area contributed by atoms with E-state index in [2.05, 4.69) is 4.90 Å². The Hall–Kier alpha value is -0.473. The van der Waals surface area contributed by atoms with Crippen molar-refractivity contribution in [2.45, 2.75) is 33.2 Å². The first kappa shape index (κ1) is 20.5. The lowest BCUT2D eigenvalue weighted by Crippen LogP contribution is -2.48. The number of carbonyl (C=O) groups excluding carboxylic acids is 1. The second-order valence-corrected chi connectivity index (χ2v) is 7.76. The van der Waals surface area contributed by atoms with Crippen LogP contribution in [0.3, 0.4) is 0 Å². The molecule has 0 radical (unpaired) electrons. The number of carbonyl (C=O) groups is 1. The number of amides is 1. The first-order chi connectivity index (χ1) is 10.0. The highest BCUT2D eigenvalue weighted by atomic mass is 28.4. The summed E-state index contributed by atoms with van der Waals surface area (Å²) in [7, 11) is 1.41. The van der Waals surface area contributed by atoms with Crippen LogP contribution >= 0.6 is 0 Å². The van der Waals surface area contributed by atoms with Crippen molar-refractivity contribution >= 4 is 15.2 Å². The van der Waals surface area contributed by atoms with Gasteiger partial charge in [0.15, 0.2) is 0 Å². The first-order valence-corrected chi connectivity index (χ1v) is 9.72. The van der Waals surface area contributed by atoms with Gasteiger partial charge in [0.25, 0.3) is 0 Å². The Balaban J connectivity index is 4.42. The summed E-state index contributed by atoms with van der Waals surface area (Å²) in [6.45, 7) is 9.84. The molecule has 0 unspecified atom stereocenters. The minimum atomic E-state index is -2.65. The molecule has 126 valence electrons. The van der Waals surface area contributed by atoms with Crippen LogP contribution in [0.5, 0.6) is 0 Å². The smallest absolute Gasteiger partial charge is 0.374 e. The molecule has 21 heavy (non-hydrogen) atoms. The van der Waals surface area contributed by atoms with Gasteiger partial charge in [0.05, 0.1) is 0 Å². The molecule has 0 spiro atoms. The van der Waals surface area contributed by atoms with E-state index >= 15 is 0 Å². The summed E-state index contributed by atoms with van der Waals surface area (Å²) in [5.74, 6) is 0. The van der Waals surface area contributed by atoms with Crippen LogP contribution in [0.4, 0.5) is 0 Å². The fourth-order valence-corrected chi connectivity index (χ4v) is 4.65. The van der Waals surface area contributed by atoms with E-state index in [4.69, 9.17) is 13.3 Å². The highest BCUT2D eigenvalue weighted by Crippen LogP contribution is 2.16. The van der Waals surface area contributed by atoms with Crippen LogP contribution in [-0.4, -0.2) is 78.6 Å². The van der Waals surface area contributed by atoms with Gasteiger partial charge in [0.2, 0.25) is 6.41 Å². The lowest BCUT2D eigenvalue weighted by atomic mass is 10.4. The molecule has 0 aliphatic rings. The van der Waals surface area contributed by atoms with E-state index < -0.39 is 8.80 Å². The minimum absolute atomic E-state index is 0.563. The molecule has 0 N–H and O–H groups in total. The first-order valence-electron chi connectivity index (χ1n) is 7.79. The molecule has 0 aromatic heterocycles. The molecule has 0 aromatic rings. The molecule has 6 nitrogen and oxygen atoms in total. The van der Waals surface area contributed by atoms with Crippen molar-refractivity contribution in [2.75, 3.05) is 53.6 Å². The Bertz CT molecular complexity index is 250. The zero-order valence-corrected chi connectivity index (χ0v) is 15.3. The summed E-state index contributed by atoms with van der Waals surface area (Å²) in [4.78, 5) is 15.1. The molecule has 0 aliphatic heterocycles. The Labute approximate surface area is 130 Å². The zero-order chi connectivity index (χ0) is 16.1. The van der Waals surface area contributed by atoms with Gasteiger partial charge in [-0.2, -0.15) is 0 Å². The number of rotatable bonds is 14. The van der Waals surface area contributed by atoms with E-state index in [0.717, 1.165) is 25.9 Å². The van der Waals surface area contributed by atoms with Gasteiger partial charge in [-0.05, 0) is 47.8 Å². The van der Waals surface area contributed by atoms with Crippen molar-refractivity contribution in [1.29, 1.82) is 0 Å². The van der Waals surface area contributed by atoms with Gasteiger partial charge in [-0.25, -0.2) is 0 Å². The predicted molar refractivity (Wildman–Crippen MR) is 86.2 cm³/mol. The SMILES string of the molecule is CCO[Si](CCN(C=O)CCCN(C)C)(OCC)OCC. The average molecular weight is 321 g/mol. The van der Waals surface area contributed by atoms with Gasteiger partial charge in [0.1, 0.15) is 0 Å². The van der Waals surface area contributed by atoms with E-state index in [1.165, 1.54) is 0 Å². The number of hydrogen-bond donors (Lipinski definition) is 0. The molecule has 0 bridgehead atoms. The molecule has 1 amide bonds. The second kappa shape index (κ2) is 12.1. The van der Waals surface area contributed by atoms with Crippen LogP contribution in [0.15, 0.2) is 0 Å². The molecule has 0 fully saturated rings. The molecule has 0 saturated carbocycles. The van der Waals surface area contributed by atoms with E-state index in [1.807, 2.05) is 34.9 Å². The topological polar surface area (TPSA) is 51.2 Å². The fourth-order valence-electron chi connectivity index (χ4n) is 2.09. The van der Waals surface area contributed by atoms with Crippen molar-refractivity contribution in [3.63, 3.8) is 0 Å². The second-order valence-electron chi connectivity index (χ2n) is 5.03. The maximum absolute atomic E-state index is 11.2. The van der Waals surface area contributed by atoms with Gasteiger partial charge in [-0.3, -0.25) is 4.79 Å². The fraction of sp³-hybridized carbons (Fsp3) is 0.929. The third-order valence-corrected chi connectivity index (χ3v) is 6.02. The summed E-state index contributed by atoms with van der Waals surface area (Å²) in [5, 5.41) is 0. The Morgan fingerprint density at radius 1 is 0.905 bits per heavy atom. The standard InChI is InChI=1S/C14H32N2O4Si/c1-6-18-21(19-7-2,20-8-3)13-12-16(14-17)11-9-10-15(4)5/h14H,6-13H2,1-5H3. The van der Waals surface area contributed by atoms with Crippen LogP contribution < -0.4 is 0 Å². The molecule has 0 saturated heterocycles. The average Bonchev–Trinajstić information content (AvgIpc) is 2.43. The van der Waals surface area contributed by atoms with E-state index in [9.17, 15) is 4.79 Å². The molecule has 0 aliphatic carbocycles. The normalized spacial score (nSPS) is 11.9. The van der Waals surface area contributed by atoms with Gasteiger partial charge in [-0.1, -0.05) is 0 Å². The summed E-state index contributed by atoms with van der Waals surface area (Å²) >= 11 is 0. The van der Waals surface area contributed by atoms with Crippen LogP contribution in [0.1, 0.15) is 27.2 Å². The highest BCUT2D eigenvalue weighted by Gasteiger charge is 2.40. The maximum atomic E-state index is 11.2. The zero-order valence-electron chi connectivity index (χ0n) is 14.3. The van der Waals surface area contributed by atoms with Crippen molar-refractivity contribution < 1.29 is 18.1 Å². The summed E-state index contributed by atoms with van der Waals surface area (Å²) < 4.78 is 17.4. The molecular formula is C14H32N2O4Si. The van der Waals surface area contributed by atoms with Gasteiger partial charge in [-0.15, -0.1) is 0 Å². The maximum Gasteiger partial charge on any atom is 0.502 e. The molecule has 0 atom stereocenters. The molecule has 0 rings (SSSR count). The van der Waals surface area contributed by atoms with E-state index in [0.29, 0.717) is 32.4 Å². The van der Waals surface area contributed by atoms with Crippen molar-refractivity contribution in [3.8, 4) is 0 Å². The lowest BCUT2D eigenvalue weighted by molar-refractivity contribution is -0.118. The number of hydrogen-bond acceptors (Lipinski definition) is 5. The van der Waals surface area contributed by atoms with Gasteiger partial charge < -0.3 is 23.1 Å². The summed E-state index contributed by atoms with van der Waals surface area (Å²) in [5.41, 5.74) is 0. The van der Waals surface area contributed by atoms with Crippen LogP contribution in [0, 0.1) is 0 Å². The summed E-state index contributed by atoms with van der Waals surface area (Å²) in [6, 6.07) is 0.642. The third kappa shape index (κ3) is 9.21. The molecule has 0 aromatic carbocycles. The van der Waals surface area contributed by atoms with E-state index in [-0.39, 0.29) is 0 Å². The monoisotopic (exact) mass is 320 g/mol. The van der Waals surface area contributed by atoms with Crippen LogP contribution in [0.2, 0.25) is 6.04 Å². The minimum Gasteiger partial charge on any atom is -0.374 e. The third-order valence-electron chi connectivity index (χ3n) is 3.00. The molecule has 7 heteroatoms. The van der Waals surface area contributed by atoms with Crippen molar-refractivity contribution in [2.24, 2.45) is 0 Å². The van der Waals surface area contributed by atoms with Crippen molar-refractivity contribution in [1.82, 2.24) is 9.80 Å². The quantitative estimate of drug-likeness (QED) is 0.358. The van der Waals surface area contributed by atoms with Gasteiger partial charge in [0, 0.05) is 39.0 Å². The summed E-state index contributed by atoms with van der Waals surface area (Å²) in [6.07, 6.45) is 1.86.